The summed E-state index contributed by atoms with van der Waals surface area (Å²) in [6.45, 7) is 0. The fourth-order valence-electron chi connectivity index (χ4n) is 1.20. The van der Waals surface area contributed by atoms with Crippen LogP contribution in [0.4, 0.5) is 0 Å². The summed E-state index contributed by atoms with van der Waals surface area (Å²) in [5, 5.41) is 17.5. The summed E-state index contributed by atoms with van der Waals surface area (Å²) >= 11 is 6.28. The van der Waals surface area contributed by atoms with Crippen LogP contribution in [0.1, 0.15) is 6.42 Å². The largest absolute Gasteiger partial charge is 0.481 e. The maximum atomic E-state index is 10.4. The lowest BCUT2D eigenvalue weighted by Crippen LogP contribution is -1.95. The predicted octanol–water partition coefficient (Wildman–Crippen LogP) is 3.53. The number of halogens is 1. The van der Waals surface area contributed by atoms with Gasteiger partial charge in [0, 0.05) is 15.8 Å². The second-order valence-electron chi connectivity index (χ2n) is 3.37. The normalized spacial score (nSPS) is 10.5. The SMILES string of the molecule is O=C(O)CCSc1nnc(-c2ccc(Br)cc2)s1. The van der Waals surface area contributed by atoms with Crippen LogP contribution in [-0.4, -0.2) is 27.0 Å². The van der Waals surface area contributed by atoms with Crippen molar-refractivity contribution in [1.29, 1.82) is 0 Å². The molecule has 4 nitrogen and oxygen atoms in total. The van der Waals surface area contributed by atoms with Gasteiger partial charge in [-0.1, -0.05) is 51.2 Å². The van der Waals surface area contributed by atoms with E-state index >= 15 is 0 Å². The van der Waals surface area contributed by atoms with Crippen molar-refractivity contribution in [3.8, 4) is 10.6 Å². The van der Waals surface area contributed by atoms with Crippen molar-refractivity contribution >= 4 is 45.0 Å². The van der Waals surface area contributed by atoms with E-state index in [9.17, 15) is 4.79 Å². The fraction of sp³-hybridized carbons (Fsp3) is 0.182. The molecule has 0 amide bonds. The van der Waals surface area contributed by atoms with E-state index in [4.69, 9.17) is 5.11 Å². The number of hydrogen-bond acceptors (Lipinski definition) is 5. The van der Waals surface area contributed by atoms with Crippen LogP contribution in [0.15, 0.2) is 33.1 Å². The Kier molecular flexibility index (Phi) is 4.73. The molecular weight excluding hydrogens is 336 g/mol. The van der Waals surface area contributed by atoms with E-state index in [1.807, 2.05) is 24.3 Å². The number of thioether (sulfide) groups is 1. The molecule has 0 saturated heterocycles. The van der Waals surface area contributed by atoms with Gasteiger partial charge >= 0.3 is 5.97 Å². The first kappa shape index (κ1) is 13.5. The Morgan fingerprint density at radius 3 is 2.72 bits per heavy atom. The van der Waals surface area contributed by atoms with Gasteiger partial charge in [-0.2, -0.15) is 0 Å². The monoisotopic (exact) mass is 344 g/mol. The molecule has 0 saturated carbocycles. The van der Waals surface area contributed by atoms with Gasteiger partial charge in [-0.3, -0.25) is 4.79 Å². The first-order chi connectivity index (χ1) is 8.65. The summed E-state index contributed by atoms with van der Waals surface area (Å²) in [7, 11) is 0. The molecule has 0 aliphatic carbocycles. The fourth-order valence-corrected chi connectivity index (χ4v) is 3.32. The summed E-state index contributed by atoms with van der Waals surface area (Å²) in [4.78, 5) is 10.4. The van der Waals surface area contributed by atoms with Crippen molar-refractivity contribution in [2.24, 2.45) is 0 Å². The Hall–Kier alpha value is -0.920. The van der Waals surface area contributed by atoms with Crippen LogP contribution >= 0.6 is 39.0 Å². The number of rotatable bonds is 5. The molecule has 0 aliphatic heterocycles. The van der Waals surface area contributed by atoms with Crippen molar-refractivity contribution in [3.05, 3.63) is 28.7 Å². The maximum absolute atomic E-state index is 10.4. The third-order valence-electron chi connectivity index (χ3n) is 2.04. The first-order valence-electron chi connectivity index (χ1n) is 5.09. The second-order valence-corrected chi connectivity index (χ2v) is 6.61. The molecule has 2 rings (SSSR count). The van der Waals surface area contributed by atoms with E-state index in [0.29, 0.717) is 5.75 Å². The zero-order chi connectivity index (χ0) is 13.0. The van der Waals surface area contributed by atoms with Crippen molar-refractivity contribution in [2.75, 3.05) is 5.75 Å². The first-order valence-corrected chi connectivity index (χ1v) is 7.68. The second kappa shape index (κ2) is 6.31. The maximum Gasteiger partial charge on any atom is 0.304 e. The van der Waals surface area contributed by atoms with Gasteiger partial charge in [-0.05, 0) is 12.1 Å². The van der Waals surface area contributed by atoms with E-state index in [1.54, 1.807) is 0 Å². The lowest BCUT2D eigenvalue weighted by atomic mass is 10.2. The minimum absolute atomic E-state index is 0.137. The van der Waals surface area contributed by atoms with Gasteiger partial charge in [0.25, 0.3) is 0 Å². The highest BCUT2D eigenvalue weighted by atomic mass is 79.9. The van der Waals surface area contributed by atoms with E-state index < -0.39 is 5.97 Å². The number of carboxylic acids is 1. The molecular formula is C11H9BrN2O2S2. The van der Waals surface area contributed by atoms with Gasteiger partial charge in [0.05, 0.1) is 6.42 Å². The highest BCUT2D eigenvalue weighted by Gasteiger charge is 2.07. The summed E-state index contributed by atoms with van der Waals surface area (Å²) in [5.41, 5.74) is 1.01. The quantitative estimate of drug-likeness (QED) is 0.840. The molecule has 2 aromatic rings. The molecule has 0 spiro atoms. The Morgan fingerprint density at radius 2 is 2.06 bits per heavy atom. The van der Waals surface area contributed by atoms with Crippen LogP contribution in [0, 0.1) is 0 Å². The van der Waals surface area contributed by atoms with Crippen LogP contribution in [0.2, 0.25) is 0 Å². The Morgan fingerprint density at radius 1 is 1.33 bits per heavy atom. The molecule has 0 bridgehead atoms. The summed E-state index contributed by atoms with van der Waals surface area (Å²) < 4.78 is 1.82. The zero-order valence-corrected chi connectivity index (χ0v) is 12.4. The van der Waals surface area contributed by atoms with Crippen LogP contribution < -0.4 is 0 Å². The number of aliphatic carboxylic acids is 1. The minimum atomic E-state index is -0.792. The average molecular weight is 345 g/mol. The van der Waals surface area contributed by atoms with Gasteiger partial charge in [0.1, 0.15) is 5.01 Å². The van der Waals surface area contributed by atoms with E-state index in [-0.39, 0.29) is 6.42 Å². The Bertz CT molecular complexity index is 542. The molecule has 0 unspecified atom stereocenters. The molecule has 7 heteroatoms. The Labute approximate surface area is 121 Å². The molecule has 0 fully saturated rings. The molecule has 0 radical (unpaired) electrons. The van der Waals surface area contributed by atoms with Gasteiger partial charge in [-0.15, -0.1) is 10.2 Å². The number of hydrogen-bond donors (Lipinski definition) is 1. The third-order valence-corrected chi connectivity index (χ3v) is 4.68. The zero-order valence-electron chi connectivity index (χ0n) is 9.17. The topological polar surface area (TPSA) is 63.1 Å². The summed E-state index contributed by atoms with van der Waals surface area (Å²) in [5.74, 6) is -0.273. The highest BCUT2D eigenvalue weighted by molar-refractivity contribution is 9.10. The van der Waals surface area contributed by atoms with Crippen LogP contribution in [0.3, 0.4) is 0 Å². The van der Waals surface area contributed by atoms with E-state index in [0.717, 1.165) is 19.4 Å². The van der Waals surface area contributed by atoms with Gasteiger partial charge < -0.3 is 5.11 Å². The smallest absolute Gasteiger partial charge is 0.304 e. The van der Waals surface area contributed by atoms with Crippen molar-refractivity contribution in [3.63, 3.8) is 0 Å². The van der Waals surface area contributed by atoms with Crippen LogP contribution in [-0.2, 0) is 4.79 Å². The molecule has 1 aromatic carbocycles. The van der Waals surface area contributed by atoms with E-state index in [1.165, 1.54) is 23.1 Å². The van der Waals surface area contributed by atoms with Crippen molar-refractivity contribution in [1.82, 2.24) is 10.2 Å². The van der Waals surface area contributed by atoms with Crippen LogP contribution in [0.5, 0.6) is 0 Å². The standard InChI is InChI=1S/C11H9BrN2O2S2/c12-8-3-1-7(2-4-8)10-13-14-11(18-10)17-6-5-9(15)16/h1-4H,5-6H2,(H,15,16). The molecule has 1 aromatic heterocycles. The number of benzene rings is 1. The number of carbonyl (C=O) groups is 1. The molecule has 1 heterocycles. The van der Waals surface area contributed by atoms with Crippen LogP contribution in [0.25, 0.3) is 10.6 Å². The minimum Gasteiger partial charge on any atom is -0.481 e. The highest BCUT2D eigenvalue weighted by Crippen LogP contribution is 2.30. The average Bonchev–Trinajstić information content (AvgIpc) is 2.78. The molecule has 1 N–H and O–H groups in total. The number of carboxylic acid groups (broad SMARTS) is 1. The third kappa shape index (κ3) is 3.79. The molecule has 18 heavy (non-hydrogen) atoms. The van der Waals surface area contributed by atoms with Crippen molar-refractivity contribution < 1.29 is 9.90 Å². The van der Waals surface area contributed by atoms with E-state index in [2.05, 4.69) is 26.1 Å². The predicted molar refractivity (Wildman–Crippen MR) is 76.0 cm³/mol. The van der Waals surface area contributed by atoms with Gasteiger partial charge in [0.2, 0.25) is 0 Å². The number of nitrogens with zero attached hydrogens (tertiary/aromatic N) is 2. The Balaban J connectivity index is 2.01. The summed E-state index contributed by atoms with van der Waals surface area (Å²) in [6, 6.07) is 7.84. The lowest BCUT2D eigenvalue weighted by molar-refractivity contribution is -0.136. The molecule has 0 atom stereocenters. The summed E-state index contributed by atoms with van der Waals surface area (Å²) in [6.07, 6.45) is 0.137. The lowest BCUT2D eigenvalue weighted by Gasteiger charge is -1.94. The molecule has 0 aliphatic rings. The number of aromatic nitrogens is 2. The van der Waals surface area contributed by atoms with Gasteiger partial charge in [0.15, 0.2) is 4.34 Å². The molecule has 94 valence electrons. The van der Waals surface area contributed by atoms with Crippen molar-refractivity contribution in [2.45, 2.75) is 10.8 Å². The van der Waals surface area contributed by atoms with Gasteiger partial charge in [-0.25, -0.2) is 0 Å².